The number of pyridine rings is 1. The Bertz CT molecular complexity index is 1160. The summed E-state index contributed by atoms with van der Waals surface area (Å²) in [5.41, 5.74) is 5.01. The van der Waals surface area contributed by atoms with Crippen molar-refractivity contribution < 1.29 is 14.7 Å². The monoisotopic (exact) mass is 406 g/mol. The molecule has 2 aliphatic rings. The van der Waals surface area contributed by atoms with Gasteiger partial charge in [-0.1, -0.05) is 26.8 Å². The quantitative estimate of drug-likeness (QED) is 0.812. The summed E-state index contributed by atoms with van der Waals surface area (Å²) in [6.45, 7) is 8.83. The second-order valence-corrected chi connectivity index (χ2v) is 9.10. The molecule has 2 heterocycles. The molecule has 30 heavy (non-hydrogen) atoms. The molecular weight excluding hydrogens is 380 g/mol. The summed E-state index contributed by atoms with van der Waals surface area (Å²) in [5.74, 6) is -1.30. The summed E-state index contributed by atoms with van der Waals surface area (Å²) < 4.78 is 1.97. The number of fused-ring (bicyclic) bond motifs is 4. The lowest BCUT2D eigenvalue weighted by Gasteiger charge is -2.39. The number of hydrogen-bond acceptors (Lipinski definition) is 3. The van der Waals surface area contributed by atoms with Crippen molar-refractivity contribution in [3.8, 4) is 0 Å². The average Bonchev–Trinajstić information content (AvgIpc) is 3.04. The van der Waals surface area contributed by atoms with Crippen molar-refractivity contribution in [2.75, 3.05) is 6.54 Å². The number of rotatable bonds is 3. The van der Waals surface area contributed by atoms with Gasteiger partial charge >= 0.3 is 5.97 Å². The molecule has 1 aromatic heterocycles. The summed E-state index contributed by atoms with van der Waals surface area (Å²) in [6.07, 6.45) is 2.88. The highest BCUT2D eigenvalue weighted by molar-refractivity contribution is 6.00. The minimum absolute atomic E-state index is 0.0129. The number of benzene rings is 1. The molecule has 0 saturated carbocycles. The predicted octanol–water partition coefficient (Wildman–Crippen LogP) is 3.75. The fraction of sp³-hybridized carbons (Fsp3) is 0.375. The Labute approximate surface area is 175 Å². The molecular formula is C24H26N2O4. The van der Waals surface area contributed by atoms with Crippen LogP contribution in [0.15, 0.2) is 35.3 Å². The summed E-state index contributed by atoms with van der Waals surface area (Å²) in [4.78, 5) is 36.3. The Morgan fingerprint density at radius 3 is 2.57 bits per heavy atom. The molecule has 0 unspecified atom stereocenters. The molecule has 0 radical (unpaired) electrons. The maximum Gasteiger partial charge on any atom is 0.341 e. The molecule has 0 bridgehead atoms. The second kappa shape index (κ2) is 6.97. The van der Waals surface area contributed by atoms with Crippen molar-refractivity contribution in [1.29, 1.82) is 0 Å². The van der Waals surface area contributed by atoms with Crippen molar-refractivity contribution in [3.63, 3.8) is 0 Å². The molecule has 156 valence electrons. The lowest BCUT2D eigenvalue weighted by atomic mass is 9.78. The molecule has 0 saturated heterocycles. The van der Waals surface area contributed by atoms with Crippen molar-refractivity contribution in [2.24, 2.45) is 5.41 Å². The van der Waals surface area contributed by atoms with Crippen LogP contribution in [-0.2, 0) is 6.42 Å². The van der Waals surface area contributed by atoms with Gasteiger partial charge in [-0.15, -0.1) is 0 Å². The lowest BCUT2D eigenvalue weighted by molar-refractivity contribution is 0.0693. The summed E-state index contributed by atoms with van der Waals surface area (Å²) in [5, 5.41) is 12.3. The van der Waals surface area contributed by atoms with Crippen LogP contribution in [0.1, 0.15) is 77.7 Å². The Balaban J connectivity index is 1.86. The van der Waals surface area contributed by atoms with E-state index in [1.54, 1.807) is 0 Å². The molecule has 1 aromatic carbocycles. The molecule has 4 rings (SSSR count). The number of carboxylic acid groups (broad SMARTS) is 1. The van der Waals surface area contributed by atoms with Crippen LogP contribution < -0.4 is 10.7 Å². The van der Waals surface area contributed by atoms with Crippen LogP contribution in [0.25, 0.3) is 11.1 Å². The third-order valence-corrected chi connectivity index (χ3v) is 6.11. The van der Waals surface area contributed by atoms with Crippen LogP contribution in [0, 0.1) is 5.41 Å². The van der Waals surface area contributed by atoms with Gasteiger partial charge in [0.25, 0.3) is 5.91 Å². The smallest absolute Gasteiger partial charge is 0.341 e. The fourth-order valence-electron chi connectivity index (χ4n) is 4.60. The van der Waals surface area contributed by atoms with Crippen LogP contribution in [0.2, 0.25) is 0 Å². The van der Waals surface area contributed by atoms with Gasteiger partial charge in [0.05, 0.1) is 0 Å². The number of aromatic carboxylic acids is 1. The van der Waals surface area contributed by atoms with Crippen LogP contribution in [-0.4, -0.2) is 28.1 Å². The van der Waals surface area contributed by atoms with Gasteiger partial charge in [0, 0.05) is 42.5 Å². The number of hydrogen-bond donors (Lipinski definition) is 2. The first kappa shape index (κ1) is 20.1. The first-order valence-corrected chi connectivity index (χ1v) is 10.2. The first-order valence-electron chi connectivity index (χ1n) is 10.2. The van der Waals surface area contributed by atoms with Gasteiger partial charge in [-0.3, -0.25) is 9.59 Å². The molecule has 2 N–H and O–H groups in total. The topological polar surface area (TPSA) is 88.4 Å². The van der Waals surface area contributed by atoms with E-state index in [0.717, 1.165) is 28.8 Å². The average molecular weight is 406 g/mol. The Kier molecular flexibility index (Phi) is 4.68. The van der Waals surface area contributed by atoms with E-state index in [2.05, 4.69) is 26.1 Å². The zero-order chi connectivity index (χ0) is 21.8. The highest BCUT2D eigenvalue weighted by Gasteiger charge is 2.37. The first-order chi connectivity index (χ1) is 14.1. The van der Waals surface area contributed by atoms with Gasteiger partial charge < -0.3 is 15.0 Å². The summed E-state index contributed by atoms with van der Waals surface area (Å²) in [7, 11) is 0. The third-order valence-electron chi connectivity index (χ3n) is 6.11. The van der Waals surface area contributed by atoms with E-state index in [0.29, 0.717) is 18.5 Å². The molecule has 1 aliphatic heterocycles. The van der Waals surface area contributed by atoms with E-state index >= 15 is 0 Å². The van der Waals surface area contributed by atoms with Crippen molar-refractivity contribution in [1.82, 2.24) is 9.88 Å². The van der Waals surface area contributed by atoms with Crippen molar-refractivity contribution in [3.05, 3.63) is 68.6 Å². The van der Waals surface area contributed by atoms with Gasteiger partial charge in [-0.05, 0) is 53.2 Å². The standard InChI is InChI=1S/C24H26N2O4/c1-5-25-22(28)13-6-7-15-14(8-13)9-17-16(15)10-21(24(2,3)4)26-12-18(23(29)30)20(27)11-19(17)26/h6-8,11-12,21H,5,9-10H2,1-4H3,(H,25,28)(H,29,30)/t21-/m0/s1. The molecule has 0 fully saturated rings. The van der Waals surface area contributed by atoms with Crippen molar-refractivity contribution in [2.45, 2.75) is 46.6 Å². The lowest BCUT2D eigenvalue weighted by Crippen LogP contribution is -2.32. The summed E-state index contributed by atoms with van der Waals surface area (Å²) in [6, 6.07) is 7.26. The van der Waals surface area contributed by atoms with Crippen LogP contribution in [0.4, 0.5) is 0 Å². The van der Waals surface area contributed by atoms with E-state index < -0.39 is 11.4 Å². The predicted molar refractivity (Wildman–Crippen MR) is 116 cm³/mol. The van der Waals surface area contributed by atoms with E-state index in [1.807, 2.05) is 29.7 Å². The molecule has 6 heteroatoms. The maximum absolute atomic E-state index is 12.5. The third kappa shape index (κ3) is 3.16. The minimum Gasteiger partial charge on any atom is -0.477 e. The van der Waals surface area contributed by atoms with E-state index in [-0.39, 0.29) is 22.9 Å². The Hall–Kier alpha value is -3.15. The van der Waals surface area contributed by atoms with Gasteiger partial charge in [0.15, 0.2) is 5.43 Å². The molecule has 0 spiro atoms. The number of allylic oxidation sites excluding steroid dienone is 2. The molecule has 1 amide bonds. The number of carbonyl (C=O) groups excluding carboxylic acids is 1. The summed E-state index contributed by atoms with van der Waals surface area (Å²) >= 11 is 0. The SMILES string of the molecule is CCNC(=O)c1ccc2c(c1)CC1=C2C[C@@H](C(C)(C)C)n2cc(C(=O)O)c(=O)cc21. The fourth-order valence-corrected chi connectivity index (χ4v) is 4.60. The van der Waals surface area contributed by atoms with Gasteiger partial charge in [0.2, 0.25) is 0 Å². The van der Waals surface area contributed by atoms with E-state index in [4.69, 9.17) is 0 Å². The largest absolute Gasteiger partial charge is 0.477 e. The Morgan fingerprint density at radius 2 is 1.93 bits per heavy atom. The second-order valence-electron chi connectivity index (χ2n) is 9.10. The maximum atomic E-state index is 12.5. The number of amides is 1. The highest BCUT2D eigenvalue weighted by atomic mass is 16.4. The number of nitrogens with zero attached hydrogens (tertiary/aromatic N) is 1. The molecule has 1 atom stereocenters. The van der Waals surface area contributed by atoms with E-state index in [1.165, 1.54) is 17.8 Å². The molecule has 1 aliphatic carbocycles. The van der Waals surface area contributed by atoms with Crippen LogP contribution in [0.3, 0.4) is 0 Å². The molecule has 2 aromatic rings. The zero-order valence-corrected chi connectivity index (χ0v) is 17.7. The zero-order valence-electron chi connectivity index (χ0n) is 17.7. The van der Waals surface area contributed by atoms with Crippen LogP contribution >= 0.6 is 0 Å². The number of nitrogens with one attached hydrogen (secondary N) is 1. The number of carbonyl (C=O) groups is 2. The van der Waals surface area contributed by atoms with Gasteiger partial charge in [-0.25, -0.2) is 4.79 Å². The molecule has 6 nitrogen and oxygen atoms in total. The highest BCUT2D eigenvalue weighted by Crippen LogP contribution is 2.50. The number of aromatic nitrogens is 1. The number of carboxylic acids is 1. The van der Waals surface area contributed by atoms with Crippen LogP contribution in [0.5, 0.6) is 0 Å². The minimum atomic E-state index is -1.20. The normalized spacial score (nSPS) is 17.3. The van der Waals surface area contributed by atoms with E-state index in [9.17, 15) is 19.5 Å². The Morgan fingerprint density at radius 1 is 1.20 bits per heavy atom. The van der Waals surface area contributed by atoms with Gasteiger partial charge in [0.1, 0.15) is 5.56 Å². The van der Waals surface area contributed by atoms with Gasteiger partial charge in [-0.2, -0.15) is 0 Å². The van der Waals surface area contributed by atoms with Crippen molar-refractivity contribution >= 4 is 23.0 Å².